The van der Waals surface area contributed by atoms with Crippen molar-refractivity contribution in [2.75, 3.05) is 19.7 Å². The summed E-state index contributed by atoms with van der Waals surface area (Å²) in [6, 6.07) is 10.7. The lowest BCUT2D eigenvalue weighted by Gasteiger charge is -2.28. The van der Waals surface area contributed by atoms with Crippen molar-refractivity contribution in [3.8, 4) is 5.75 Å². The molecule has 2 aliphatic rings. The first-order valence-corrected chi connectivity index (χ1v) is 13.5. The summed E-state index contributed by atoms with van der Waals surface area (Å²) < 4.78 is 42.1. The Bertz CT molecular complexity index is 1580. The van der Waals surface area contributed by atoms with E-state index in [-0.39, 0.29) is 35.5 Å². The van der Waals surface area contributed by atoms with Crippen LogP contribution < -0.4 is 4.74 Å². The van der Waals surface area contributed by atoms with Gasteiger partial charge in [0.25, 0.3) is 0 Å². The number of fused-ring (bicyclic) bond motifs is 1. The molecule has 0 radical (unpaired) electrons. The molecule has 0 amide bonds. The third-order valence-electron chi connectivity index (χ3n) is 7.53. The molecule has 6 rings (SSSR count). The first-order chi connectivity index (χ1) is 19.3. The van der Waals surface area contributed by atoms with Crippen molar-refractivity contribution in [2.24, 2.45) is 0 Å². The van der Waals surface area contributed by atoms with E-state index in [4.69, 9.17) is 21.1 Å². The van der Waals surface area contributed by atoms with Crippen molar-refractivity contribution in [1.29, 1.82) is 0 Å². The number of aromatic carboxylic acids is 1. The van der Waals surface area contributed by atoms with Crippen LogP contribution in [0.2, 0.25) is 5.02 Å². The Morgan fingerprint density at radius 1 is 1.15 bits per heavy atom. The Kier molecular flexibility index (Phi) is 7.39. The monoisotopic (exact) mass is 568 g/mol. The molecular weight excluding hydrogens is 542 g/mol. The van der Waals surface area contributed by atoms with Gasteiger partial charge in [0.2, 0.25) is 0 Å². The molecule has 4 heterocycles. The van der Waals surface area contributed by atoms with Crippen molar-refractivity contribution in [3.63, 3.8) is 0 Å². The van der Waals surface area contributed by atoms with E-state index in [1.165, 1.54) is 18.2 Å². The third kappa shape index (κ3) is 5.52. The smallest absolute Gasteiger partial charge is 0.335 e. The highest BCUT2D eigenvalue weighted by Gasteiger charge is 2.28. The van der Waals surface area contributed by atoms with Crippen LogP contribution in [-0.4, -0.2) is 56.3 Å². The maximum atomic E-state index is 14.9. The average Bonchev–Trinajstić information content (AvgIpc) is 3.51. The summed E-state index contributed by atoms with van der Waals surface area (Å²) in [5.74, 6) is -1.31. The standard InChI is InChI=1S/C29H27ClF2N4O4/c30-20-1-2-26(23(31)12-20)40-16-21-9-17(3-6-33-21)18-4-7-35(13-18)15-27-34-28-24(32)10-19(29(37)38)11-25(28)36(27)14-22-5-8-39-22/h1-3,6,9-12,18,22H,4-5,7-8,13-16H2,(H,37,38)/t18-,22+/m1/s1. The van der Waals surface area contributed by atoms with Crippen LogP contribution in [0.25, 0.3) is 11.0 Å². The topological polar surface area (TPSA) is 89.7 Å². The van der Waals surface area contributed by atoms with Crippen molar-refractivity contribution in [1.82, 2.24) is 19.4 Å². The number of aromatic nitrogens is 3. The van der Waals surface area contributed by atoms with Gasteiger partial charge in [-0.05, 0) is 73.3 Å². The molecule has 11 heteroatoms. The highest BCUT2D eigenvalue weighted by molar-refractivity contribution is 6.30. The van der Waals surface area contributed by atoms with Gasteiger partial charge in [-0.15, -0.1) is 0 Å². The average molecular weight is 569 g/mol. The van der Waals surface area contributed by atoms with Crippen LogP contribution in [0.1, 0.15) is 46.2 Å². The number of ether oxygens (including phenoxy) is 2. The van der Waals surface area contributed by atoms with Crippen LogP contribution in [0.3, 0.4) is 0 Å². The highest BCUT2D eigenvalue weighted by atomic mass is 35.5. The van der Waals surface area contributed by atoms with Crippen molar-refractivity contribution in [3.05, 3.63) is 88.0 Å². The van der Waals surface area contributed by atoms with Gasteiger partial charge in [0.1, 0.15) is 17.9 Å². The maximum absolute atomic E-state index is 14.9. The fraction of sp³-hybridized carbons (Fsp3) is 0.345. The number of imidazole rings is 1. The molecule has 4 aromatic rings. The van der Waals surface area contributed by atoms with Gasteiger partial charge < -0.3 is 19.1 Å². The van der Waals surface area contributed by atoms with Gasteiger partial charge in [0, 0.05) is 24.4 Å². The van der Waals surface area contributed by atoms with Gasteiger partial charge in [-0.25, -0.2) is 18.6 Å². The summed E-state index contributed by atoms with van der Waals surface area (Å²) >= 11 is 5.81. The molecule has 1 N–H and O–H groups in total. The second-order valence-electron chi connectivity index (χ2n) is 10.2. The van der Waals surface area contributed by atoms with Gasteiger partial charge in [0.15, 0.2) is 17.4 Å². The van der Waals surface area contributed by atoms with Gasteiger partial charge >= 0.3 is 5.97 Å². The van der Waals surface area contributed by atoms with Crippen LogP contribution in [0.4, 0.5) is 8.78 Å². The summed E-state index contributed by atoms with van der Waals surface area (Å²) in [4.78, 5) is 22.8. The predicted molar refractivity (Wildman–Crippen MR) is 144 cm³/mol. The maximum Gasteiger partial charge on any atom is 0.335 e. The lowest BCUT2D eigenvalue weighted by Crippen LogP contribution is -2.32. The zero-order chi connectivity index (χ0) is 27.8. The molecule has 0 aliphatic carbocycles. The number of nitrogens with zero attached hydrogens (tertiary/aromatic N) is 4. The number of carbonyl (C=O) groups is 1. The fourth-order valence-corrected chi connectivity index (χ4v) is 5.49. The van der Waals surface area contributed by atoms with Gasteiger partial charge in [0.05, 0.1) is 36.0 Å². The molecule has 208 valence electrons. The lowest BCUT2D eigenvalue weighted by atomic mass is 9.99. The van der Waals surface area contributed by atoms with Crippen LogP contribution in [0.5, 0.6) is 5.75 Å². The molecule has 0 unspecified atom stereocenters. The van der Waals surface area contributed by atoms with E-state index in [0.717, 1.165) is 37.6 Å². The van der Waals surface area contributed by atoms with E-state index in [1.807, 2.05) is 16.7 Å². The third-order valence-corrected chi connectivity index (χ3v) is 7.77. The van der Waals surface area contributed by atoms with Crippen molar-refractivity contribution < 1.29 is 28.2 Å². The summed E-state index contributed by atoms with van der Waals surface area (Å²) in [6.07, 6.45) is 3.54. The SMILES string of the molecule is O=C(O)c1cc(F)c2nc(CN3CC[C@@H](c4ccnc(COc5ccc(Cl)cc5F)c4)C3)n(C[C@@H]3CCO3)c2c1. The van der Waals surface area contributed by atoms with Crippen LogP contribution in [-0.2, 0) is 24.4 Å². The van der Waals surface area contributed by atoms with E-state index in [0.29, 0.717) is 41.8 Å². The summed E-state index contributed by atoms with van der Waals surface area (Å²) in [7, 11) is 0. The summed E-state index contributed by atoms with van der Waals surface area (Å²) in [5.41, 5.74) is 2.34. The lowest BCUT2D eigenvalue weighted by molar-refractivity contribution is -0.0591. The van der Waals surface area contributed by atoms with Crippen molar-refractivity contribution in [2.45, 2.75) is 44.6 Å². The number of carboxylic acids is 1. The van der Waals surface area contributed by atoms with E-state index in [1.54, 1.807) is 12.3 Å². The number of pyridine rings is 1. The summed E-state index contributed by atoms with van der Waals surface area (Å²) in [6.45, 7) is 3.38. The zero-order valence-electron chi connectivity index (χ0n) is 21.5. The van der Waals surface area contributed by atoms with Gasteiger partial charge in [-0.1, -0.05) is 11.6 Å². The van der Waals surface area contributed by atoms with Gasteiger partial charge in [-0.3, -0.25) is 9.88 Å². The fourth-order valence-electron chi connectivity index (χ4n) is 5.33. The molecule has 2 fully saturated rings. The first kappa shape index (κ1) is 26.6. The largest absolute Gasteiger partial charge is 0.484 e. The van der Waals surface area contributed by atoms with E-state index >= 15 is 0 Å². The normalized spacial score (nSPS) is 19.2. The molecule has 0 bridgehead atoms. The minimum atomic E-state index is -1.18. The predicted octanol–water partition coefficient (Wildman–Crippen LogP) is 5.42. The Hall–Kier alpha value is -3.60. The molecule has 0 spiro atoms. The minimum absolute atomic E-state index is 0.00201. The van der Waals surface area contributed by atoms with Crippen LogP contribution in [0.15, 0.2) is 48.7 Å². The van der Waals surface area contributed by atoms with Crippen molar-refractivity contribution >= 4 is 28.6 Å². The number of benzene rings is 2. The van der Waals surface area contributed by atoms with E-state index in [9.17, 15) is 18.7 Å². The number of halogens is 3. The molecule has 40 heavy (non-hydrogen) atoms. The van der Waals surface area contributed by atoms with Gasteiger partial charge in [-0.2, -0.15) is 0 Å². The van der Waals surface area contributed by atoms with E-state index in [2.05, 4.69) is 14.9 Å². The summed E-state index contributed by atoms with van der Waals surface area (Å²) in [5, 5.41) is 9.75. The first-order valence-electron chi connectivity index (χ1n) is 13.1. The van der Waals surface area contributed by atoms with Crippen LogP contribution in [0, 0.1) is 11.6 Å². The second-order valence-corrected chi connectivity index (χ2v) is 10.7. The molecule has 2 aliphatic heterocycles. The molecule has 2 aromatic carbocycles. The molecule has 2 aromatic heterocycles. The number of hydrogen-bond acceptors (Lipinski definition) is 6. The van der Waals surface area contributed by atoms with E-state index < -0.39 is 17.6 Å². The molecular formula is C29H27ClF2N4O4. The Morgan fingerprint density at radius 2 is 2.00 bits per heavy atom. The number of carboxylic acid groups (broad SMARTS) is 1. The Balaban J connectivity index is 1.17. The molecule has 2 atom stereocenters. The van der Waals surface area contributed by atoms with Crippen LogP contribution >= 0.6 is 11.6 Å². The zero-order valence-corrected chi connectivity index (χ0v) is 22.3. The Labute approximate surface area is 234 Å². The quantitative estimate of drug-likeness (QED) is 0.288. The number of hydrogen-bond donors (Lipinski definition) is 1. The second kappa shape index (κ2) is 11.1. The Morgan fingerprint density at radius 3 is 2.75 bits per heavy atom. The number of rotatable bonds is 9. The number of likely N-dealkylation sites (tertiary alicyclic amines) is 1. The highest BCUT2D eigenvalue weighted by Crippen LogP contribution is 2.31. The molecule has 8 nitrogen and oxygen atoms in total. The minimum Gasteiger partial charge on any atom is -0.484 e. The molecule has 2 saturated heterocycles. The molecule has 0 saturated carbocycles.